The highest BCUT2D eigenvalue weighted by atomic mass is 35.5. The van der Waals surface area contributed by atoms with Crippen molar-refractivity contribution in [2.45, 2.75) is 19.6 Å². The highest BCUT2D eigenvalue weighted by Gasteiger charge is 2.10. The lowest BCUT2D eigenvalue weighted by Gasteiger charge is -2.09. The zero-order valence-corrected chi connectivity index (χ0v) is 7.98. The summed E-state index contributed by atoms with van der Waals surface area (Å²) in [7, 11) is 0. The van der Waals surface area contributed by atoms with Gasteiger partial charge in [0.1, 0.15) is 5.82 Å². The van der Waals surface area contributed by atoms with Crippen molar-refractivity contribution in [2.24, 2.45) is 5.73 Å². The minimum absolute atomic E-state index is 0.0999. The van der Waals surface area contributed by atoms with Gasteiger partial charge in [-0.1, -0.05) is 11.6 Å². The van der Waals surface area contributed by atoms with Gasteiger partial charge in [-0.3, -0.25) is 0 Å². The topological polar surface area (TPSA) is 46.2 Å². The molecule has 0 aliphatic carbocycles. The van der Waals surface area contributed by atoms with Crippen molar-refractivity contribution in [2.75, 3.05) is 0 Å². The van der Waals surface area contributed by atoms with E-state index in [0.29, 0.717) is 11.1 Å². The molecule has 72 valence electrons. The van der Waals surface area contributed by atoms with Gasteiger partial charge in [0.25, 0.3) is 0 Å². The first-order valence-electron chi connectivity index (χ1n) is 3.92. The highest BCUT2D eigenvalue weighted by Crippen LogP contribution is 2.25. The molecule has 3 N–H and O–H groups in total. The summed E-state index contributed by atoms with van der Waals surface area (Å²) in [4.78, 5) is 0. The molecular weight excluding hydrogens is 193 g/mol. The van der Waals surface area contributed by atoms with Gasteiger partial charge in [-0.05, 0) is 24.6 Å². The summed E-state index contributed by atoms with van der Waals surface area (Å²) < 4.78 is 13.0. The fourth-order valence-corrected chi connectivity index (χ4v) is 1.40. The van der Waals surface area contributed by atoms with E-state index in [1.807, 2.05) is 0 Å². The molecule has 13 heavy (non-hydrogen) atoms. The molecule has 0 spiro atoms. The molecule has 0 heterocycles. The van der Waals surface area contributed by atoms with Crippen molar-refractivity contribution in [1.82, 2.24) is 0 Å². The van der Waals surface area contributed by atoms with E-state index in [1.165, 1.54) is 12.1 Å². The summed E-state index contributed by atoms with van der Waals surface area (Å²) in [5.74, 6) is -0.433. The fourth-order valence-electron chi connectivity index (χ4n) is 1.09. The van der Waals surface area contributed by atoms with Gasteiger partial charge in [-0.2, -0.15) is 0 Å². The fraction of sp³-hybridized carbons (Fsp3) is 0.333. The van der Waals surface area contributed by atoms with E-state index in [1.54, 1.807) is 6.92 Å². The molecule has 4 heteroatoms. The Bertz CT molecular complexity index is 315. The Morgan fingerprint density at radius 3 is 2.69 bits per heavy atom. The molecule has 0 amide bonds. The largest absolute Gasteiger partial charge is 0.389 e. The van der Waals surface area contributed by atoms with Crippen LogP contribution in [0.2, 0.25) is 5.02 Å². The molecular formula is C9H11ClFNO. The van der Waals surface area contributed by atoms with Gasteiger partial charge in [0.05, 0.1) is 6.10 Å². The summed E-state index contributed by atoms with van der Waals surface area (Å²) in [5.41, 5.74) is 6.17. The second-order valence-corrected chi connectivity index (χ2v) is 3.25. The number of nitrogens with two attached hydrogens (primary N) is 1. The molecule has 0 aliphatic heterocycles. The molecule has 0 saturated heterocycles. The maximum atomic E-state index is 13.0. The lowest BCUT2D eigenvalue weighted by molar-refractivity contribution is 0.199. The summed E-state index contributed by atoms with van der Waals surface area (Å²) in [6.45, 7) is 1.67. The first kappa shape index (κ1) is 10.4. The van der Waals surface area contributed by atoms with Crippen molar-refractivity contribution in [3.8, 4) is 0 Å². The van der Waals surface area contributed by atoms with Crippen LogP contribution in [0.3, 0.4) is 0 Å². The quantitative estimate of drug-likeness (QED) is 0.772. The van der Waals surface area contributed by atoms with Crippen LogP contribution >= 0.6 is 11.6 Å². The maximum Gasteiger partial charge on any atom is 0.129 e. The number of hydrogen-bond donors (Lipinski definition) is 2. The zero-order valence-electron chi connectivity index (χ0n) is 7.22. The molecule has 1 atom stereocenters. The third-order valence-electron chi connectivity index (χ3n) is 1.84. The molecule has 0 aromatic heterocycles. The average molecular weight is 204 g/mol. The molecule has 1 aromatic rings. The van der Waals surface area contributed by atoms with Crippen LogP contribution < -0.4 is 5.73 Å². The number of aliphatic hydroxyl groups excluding tert-OH is 1. The molecule has 2 nitrogen and oxygen atoms in total. The average Bonchev–Trinajstić information content (AvgIpc) is 2.03. The van der Waals surface area contributed by atoms with Crippen molar-refractivity contribution in [1.29, 1.82) is 0 Å². The van der Waals surface area contributed by atoms with E-state index in [-0.39, 0.29) is 11.6 Å². The Morgan fingerprint density at radius 2 is 2.23 bits per heavy atom. The van der Waals surface area contributed by atoms with Crippen molar-refractivity contribution in [3.05, 3.63) is 34.1 Å². The normalized spacial score (nSPS) is 13.0. The molecule has 1 unspecified atom stereocenters. The lowest BCUT2D eigenvalue weighted by atomic mass is 10.1. The second-order valence-electron chi connectivity index (χ2n) is 2.85. The van der Waals surface area contributed by atoms with Gasteiger partial charge in [0.15, 0.2) is 0 Å². The van der Waals surface area contributed by atoms with E-state index >= 15 is 0 Å². The zero-order chi connectivity index (χ0) is 10.0. The monoisotopic (exact) mass is 203 g/mol. The van der Waals surface area contributed by atoms with Crippen LogP contribution in [0.15, 0.2) is 12.1 Å². The van der Waals surface area contributed by atoms with E-state index in [0.717, 1.165) is 0 Å². The molecule has 1 rings (SSSR count). The second kappa shape index (κ2) is 4.05. The minimum atomic E-state index is -0.710. The van der Waals surface area contributed by atoms with E-state index < -0.39 is 11.9 Å². The van der Waals surface area contributed by atoms with Crippen LogP contribution in [0.5, 0.6) is 0 Å². The number of halogens is 2. The van der Waals surface area contributed by atoms with E-state index in [4.69, 9.17) is 17.3 Å². The van der Waals surface area contributed by atoms with Gasteiger partial charge < -0.3 is 10.8 Å². The van der Waals surface area contributed by atoms with Crippen LogP contribution in [-0.4, -0.2) is 5.11 Å². The standard InChI is InChI=1S/C9H11ClFNO/c1-5(13)7-2-6(4-12)9(11)3-8(7)10/h2-3,5,13H,4,12H2,1H3. The SMILES string of the molecule is CC(O)c1cc(CN)c(F)cc1Cl. The molecule has 0 radical (unpaired) electrons. The number of aliphatic hydroxyl groups is 1. The first-order chi connectivity index (χ1) is 6.06. The minimum Gasteiger partial charge on any atom is -0.389 e. The van der Waals surface area contributed by atoms with Gasteiger partial charge in [-0.25, -0.2) is 4.39 Å². The number of rotatable bonds is 2. The smallest absolute Gasteiger partial charge is 0.129 e. The molecule has 0 fully saturated rings. The van der Waals surface area contributed by atoms with Crippen LogP contribution in [-0.2, 0) is 6.54 Å². The number of benzene rings is 1. The van der Waals surface area contributed by atoms with Crippen molar-refractivity contribution < 1.29 is 9.50 Å². The van der Waals surface area contributed by atoms with Crippen molar-refractivity contribution >= 4 is 11.6 Å². The van der Waals surface area contributed by atoms with Crippen molar-refractivity contribution in [3.63, 3.8) is 0 Å². The Labute approximate surface area is 81.1 Å². The predicted molar refractivity (Wildman–Crippen MR) is 49.9 cm³/mol. The molecule has 0 aliphatic rings. The van der Waals surface area contributed by atoms with E-state index in [2.05, 4.69) is 0 Å². The van der Waals surface area contributed by atoms with Crippen LogP contribution in [0.1, 0.15) is 24.2 Å². The van der Waals surface area contributed by atoms with Gasteiger partial charge >= 0.3 is 0 Å². The first-order valence-corrected chi connectivity index (χ1v) is 4.30. The molecule has 0 bridgehead atoms. The summed E-state index contributed by atoms with van der Waals surface area (Å²) in [5, 5.41) is 9.49. The third-order valence-corrected chi connectivity index (χ3v) is 2.16. The Kier molecular flexibility index (Phi) is 3.25. The highest BCUT2D eigenvalue weighted by molar-refractivity contribution is 6.31. The Hall–Kier alpha value is -0.640. The van der Waals surface area contributed by atoms with Gasteiger partial charge in [0, 0.05) is 17.1 Å². The van der Waals surface area contributed by atoms with Gasteiger partial charge in [-0.15, -0.1) is 0 Å². The summed E-state index contributed by atoms with van der Waals surface area (Å²) in [6, 6.07) is 2.66. The Balaban J connectivity index is 3.22. The third kappa shape index (κ3) is 2.18. The molecule has 0 saturated carbocycles. The summed E-state index contributed by atoms with van der Waals surface area (Å²) in [6.07, 6.45) is -0.710. The van der Waals surface area contributed by atoms with Gasteiger partial charge in [0.2, 0.25) is 0 Å². The van der Waals surface area contributed by atoms with E-state index in [9.17, 15) is 9.50 Å². The molecule has 1 aromatic carbocycles. The predicted octanol–water partition coefficient (Wildman–Crippen LogP) is 1.99. The van der Waals surface area contributed by atoms with Crippen LogP contribution in [0, 0.1) is 5.82 Å². The summed E-state index contributed by atoms with van der Waals surface area (Å²) >= 11 is 5.71. The lowest BCUT2D eigenvalue weighted by Crippen LogP contribution is -2.03. The number of hydrogen-bond acceptors (Lipinski definition) is 2. The Morgan fingerprint density at radius 1 is 1.62 bits per heavy atom. The van der Waals surface area contributed by atoms with Crippen LogP contribution in [0.25, 0.3) is 0 Å². The maximum absolute atomic E-state index is 13.0. The van der Waals surface area contributed by atoms with Crippen LogP contribution in [0.4, 0.5) is 4.39 Å².